The second-order valence-corrected chi connectivity index (χ2v) is 5.77. The molecule has 124 valence electrons. The molecule has 3 rings (SSSR count). The summed E-state index contributed by atoms with van der Waals surface area (Å²) in [5.41, 5.74) is 1.50. The predicted octanol–water partition coefficient (Wildman–Crippen LogP) is 2.67. The van der Waals surface area contributed by atoms with Crippen molar-refractivity contribution in [3.05, 3.63) is 58.9 Å². The van der Waals surface area contributed by atoms with Gasteiger partial charge in [0.15, 0.2) is 0 Å². The number of carbonyl (C=O) groups is 2. The van der Waals surface area contributed by atoms with Crippen LogP contribution in [0, 0.1) is 5.82 Å². The van der Waals surface area contributed by atoms with E-state index in [1.807, 2.05) is 17.0 Å². The van der Waals surface area contributed by atoms with Gasteiger partial charge in [-0.15, -0.1) is 0 Å². The van der Waals surface area contributed by atoms with Crippen molar-refractivity contribution in [3.8, 4) is 0 Å². The molecule has 2 amide bonds. The van der Waals surface area contributed by atoms with Crippen LogP contribution in [0.2, 0.25) is 5.02 Å². The lowest BCUT2D eigenvalue weighted by molar-refractivity contribution is -0.120. The van der Waals surface area contributed by atoms with Crippen molar-refractivity contribution in [2.75, 3.05) is 29.9 Å². The lowest BCUT2D eigenvalue weighted by Gasteiger charge is -2.30. The third-order valence-corrected chi connectivity index (χ3v) is 4.02. The lowest BCUT2D eigenvalue weighted by atomic mass is 10.1. The first-order valence-corrected chi connectivity index (χ1v) is 7.79. The average Bonchev–Trinajstić information content (AvgIpc) is 2.55. The maximum absolute atomic E-state index is 13.1. The smallest absolute Gasteiger partial charge is 0.257 e. The van der Waals surface area contributed by atoms with E-state index in [9.17, 15) is 14.0 Å². The minimum absolute atomic E-state index is 0.0438. The monoisotopic (exact) mass is 347 g/mol. The molecule has 0 aromatic heterocycles. The van der Waals surface area contributed by atoms with Gasteiger partial charge in [-0.2, -0.15) is 0 Å². The molecule has 0 unspecified atom stereocenters. The molecule has 1 aliphatic heterocycles. The summed E-state index contributed by atoms with van der Waals surface area (Å²) in [4.78, 5) is 25.9. The van der Waals surface area contributed by atoms with Crippen LogP contribution in [0.25, 0.3) is 0 Å². The van der Waals surface area contributed by atoms with Crippen molar-refractivity contribution in [1.82, 2.24) is 5.32 Å². The van der Waals surface area contributed by atoms with Crippen molar-refractivity contribution >= 4 is 34.8 Å². The van der Waals surface area contributed by atoms with Gasteiger partial charge in [0.25, 0.3) is 5.91 Å². The highest BCUT2D eigenvalue weighted by atomic mass is 35.5. The summed E-state index contributed by atoms with van der Waals surface area (Å²) >= 11 is 5.93. The number of piperazine rings is 1. The zero-order valence-electron chi connectivity index (χ0n) is 12.7. The fourth-order valence-corrected chi connectivity index (χ4v) is 2.82. The van der Waals surface area contributed by atoms with E-state index in [4.69, 9.17) is 11.6 Å². The van der Waals surface area contributed by atoms with Crippen LogP contribution in [-0.4, -0.2) is 31.4 Å². The summed E-state index contributed by atoms with van der Waals surface area (Å²) in [6, 6.07) is 10.8. The van der Waals surface area contributed by atoms with Crippen LogP contribution < -0.4 is 15.5 Å². The van der Waals surface area contributed by atoms with E-state index >= 15 is 0 Å². The van der Waals surface area contributed by atoms with Crippen molar-refractivity contribution in [3.63, 3.8) is 0 Å². The van der Waals surface area contributed by atoms with Gasteiger partial charge in [-0.25, -0.2) is 4.39 Å². The number of benzene rings is 2. The Balaban J connectivity index is 1.85. The van der Waals surface area contributed by atoms with Crippen molar-refractivity contribution in [1.29, 1.82) is 0 Å². The van der Waals surface area contributed by atoms with Gasteiger partial charge in [0, 0.05) is 13.1 Å². The van der Waals surface area contributed by atoms with Crippen LogP contribution in [0.15, 0.2) is 42.5 Å². The van der Waals surface area contributed by atoms with Crippen LogP contribution in [-0.2, 0) is 4.79 Å². The van der Waals surface area contributed by atoms with E-state index in [1.54, 1.807) is 12.1 Å². The lowest BCUT2D eigenvalue weighted by Crippen LogP contribution is -2.47. The first-order valence-electron chi connectivity index (χ1n) is 7.41. The second kappa shape index (κ2) is 6.88. The molecule has 0 radical (unpaired) electrons. The van der Waals surface area contributed by atoms with Crippen LogP contribution in [0.4, 0.5) is 15.8 Å². The number of nitrogens with one attached hydrogen (secondary N) is 2. The molecule has 1 heterocycles. The zero-order valence-corrected chi connectivity index (χ0v) is 13.4. The standard InChI is InChI=1S/C17H15ClFN3O2/c18-13-9-11(19)5-6-12(13)17(24)21-14-3-1-2-4-15(14)22-8-7-20-16(23)10-22/h1-6,9H,7-8,10H2,(H,20,23)(H,21,24). The Kier molecular flexibility index (Phi) is 4.66. The number of carbonyl (C=O) groups excluding carboxylic acids is 2. The fourth-order valence-electron chi connectivity index (χ4n) is 2.56. The quantitative estimate of drug-likeness (QED) is 0.897. The van der Waals surface area contributed by atoms with Crippen molar-refractivity contribution < 1.29 is 14.0 Å². The van der Waals surface area contributed by atoms with Crippen LogP contribution >= 0.6 is 11.6 Å². The van der Waals surface area contributed by atoms with Crippen molar-refractivity contribution in [2.24, 2.45) is 0 Å². The second-order valence-electron chi connectivity index (χ2n) is 5.37. The molecule has 0 atom stereocenters. The number of amides is 2. The molecule has 24 heavy (non-hydrogen) atoms. The van der Waals surface area contributed by atoms with Gasteiger partial charge < -0.3 is 15.5 Å². The molecule has 0 saturated carbocycles. The van der Waals surface area contributed by atoms with Gasteiger partial charge in [0.2, 0.25) is 5.91 Å². The molecular formula is C17H15ClFN3O2. The summed E-state index contributed by atoms with van der Waals surface area (Å²) in [5.74, 6) is -1.01. The third-order valence-electron chi connectivity index (χ3n) is 3.71. The minimum Gasteiger partial charge on any atom is -0.359 e. The molecule has 1 saturated heterocycles. The van der Waals surface area contributed by atoms with E-state index in [0.717, 1.165) is 11.8 Å². The van der Waals surface area contributed by atoms with E-state index in [-0.39, 0.29) is 23.0 Å². The molecule has 0 aliphatic carbocycles. The number of anilines is 2. The number of nitrogens with zero attached hydrogens (tertiary/aromatic N) is 1. The molecule has 2 N–H and O–H groups in total. The Morgan fingerprint density at radius 1 is 1.25 bits per heavy atom. The highest BCUT2D eigenvalue weighted by molar-refractivity contribution is 6.34. The summed E-state index contributed by atoms with van der Waals surface area (Å²) in [6.45, 7) is 1.42. The third kappa shape index (κ3) is 3.49. The van der Waals surface area contributed by atoms with E-state index in [2.05, 4.69) is 10.6 Å². The van der Waals surface area contributed by atoms with E-state index < -0.39 is 11.7 Å². The van der Waals surface area contributed by atoms with Gasteiger partial charge in [0.05, 0.1) is 28.5 Å². The largest absolute Gasteiger partial charge is 0.359 e. The normalized spacial score (nSPS) is 14.2. The van der Waals surface area contributed by atoms with E-state index in [1.165, 1.54) is 12.1 Å². The SMILES string of the molecule is O=C1CN(c2ccccc2NC(=O)c2ccc(F)cc2Cl)CCN1. The predicted molar refractivity (Wildman–Crippen MR) is 91.0 cm³/mol. The highest BCUT2D eigenvalue weighted by Crippen LogP contribution is 2.27. The molecule has 0 spiro atoms. The summed E-state index contributed by atoms with van der Waals surface area (Å²) in [7, 11) is 0. The molecule has 2 aromatic carbocycles. The fraction of sp³-hybridized carbons (Fsp3) is 0.176. The molecule has 0 bridgehead atoms. The summed E-state index contributed by atoms with van der Waals surface area (Å²) in [6.07, 6.45) is 0. The number of hydrogen-bond acceptors (Lipinski definition) is 3. The number of hydrogen-bond donors (Lipinski definition) is 2. The Hall–Kier alpha value is -2.60. The molecule has 2 aromatic rings. The van der Waals surface area contributed by atoms with Gasteiger partial charge in [-0.1, -0.05) is 23.7 Å². The highest BCUT2D eigenvalue weighted by Gasteiger charge is 2.20. The summed E-state index contributed by atoms with van der Waals surface area (Å²) < 4.78 is 13.1. The average molecular weight is 348 g/mol. The minimum atomic E-state index is -0.503. The van der Waals surface area contributed by atoms with E-state index in [0.29, 0.717) is 18.8 Å². The zero-order chi connectivity index (χ0) is 17.1. The molecule has 5 nitrogen and oxygen atoms in total. The van der Waals surface area contributed by atoms with Crippen LogP contribution in [0.1, 0.15) is 10.4 Å². The van der Waals surface area contributed by atoms with Gasteiger partial charge >= 0.3 is 0 Å². The number of rotatable bonds is 3. The molecular weight excluding hydrogens is 333 g/mol. The number of para-hydroxylation sites is 2. The van der Waals surface area contributed by atoms with Crippen LogP contribution in [0.5, 0.6) is 0 Å². The number of halogens is 2. The van der Waals surface area contributed by atoms with Gasteiger partial charge in [0.1, 0.15) is 5.82 Å². The first kappa shape index (κ1) is 16.3. The Labute approximate surface area is 143 Å². The Morgan fingerprint density at radius 3 is 2.79 bits per heavy atom. The van der Waals surface area contributed by atoms with Gasteiger partial charge in [-0.3, -0.25) is 9.59 Å². The maximum Gasteiger partial charge on any atom is 0.257 e. The van der Waals surface area contributed by atoms with Crippen LogP contribution in [0.3, 0.4) is 0 Å². The summed E-state index contributed by atoms with van der Waals surface area (Å²) in [5, 5.41) is 5.58. The van der Waals surface area contributed by atoms with Gasteiger partial charge in [-0.05, 0) is 30.3 Å². The molecule has 1 fully saturated rings. The Bertz CT molecular complexity index is 797. The first-order chi connectivity index (χ1) is 11.5. The molecule has 1 aliphatic rings. The molecule has 7 heteroatoms. The maximum atomic E-state index is 13.1. The topological polar surface area (TPSA) is 61.4 Å². The van der Waals surface area contributed by atoms with Crippen molar-refractivity contribution in [2.45, 2.75) is 0 Å². The Morgan fingerprint density at radius 2 is 2.04 bits per heavy atom.